The minimum Gasteiger partial charge on any atom is -0.394 e. The summed E-state index contributed by atoms with van der Waals surface area (Å²) in [5.74, 6) is 0.536. The van der Waals surface area contributed by atoms with Crippen LogP contribution in [-0.2, 0) is 4.74 Å². The Bertz CT molecular complexity index is 99.7. The zero-order valence-corrected chi connectivity index (χ0v) is 8.05. The van der Waals surface area contributed by atoms with Crippen molar-refractivity contribution in [1.82, 2.24) is 0 Å². The van der Waals surface area contributed by atoms with Crippen LogP contribution < -0.4 is 0 Å². The zero-order valence-electron chi connectivity index (χ0n) is 8.05. The Hall–Kier alpha value is -0.0800. The highest BCUT2D eigenvalue weighted by Crippen LogP contribution is 2.23. The topological polar surface area (TPSA) is 29.5 Å². The summed E-state index contributed by atoms with van der Waals surface area (Å²) in [7, 11) is 0. The van der Waals surface area contributed by atoms with Crippen LogP contribution in [0.15, 0.2) is 0 Å². The molecule has 1 atom stereocenters. The van der Waals surface area contributed by atoms with Crippen LogP contribution in [0.4, 0.5) is 0 Å². The number of ether oxygens (including phenoxy) is 1. The molecule has 0 amide bonds. The summed E-state index contributed by atoms with van der Waals surface area (Å²) in [6, 6.07) is 0. The van der Waals surface area contributed by atoms with Crippen LogP contribution in [0.3, 0.4) is 0 Å². The third-order valence-corrected chi connectivity index (χ3v) is 2.36. The van der Waals surface area contributed by atoms with Gasteiger partial charge in [0, 0.05) is 0 Å². The molecule has 0 bridgehead atoms. The van der Waals surface area contributed by atoms with Crippen LogP contribution in [0.2, 0.25) is 0 Å². The largest absolute Gasteiger partial charge is 0.394 e. The summed E-state index contributed by atoms with van der Waals surface area (Å²) >= 11 is 0. The third kappa shape index (κ3) is 3.73. The summed E-state index contributed by atoms with van der Waals surface area (Å²) in [6.45, 7) is 9.00. The van der Waals surface area contributed by atoms with E-state index in [2.05, 4.69) is 27.7 Å². The van der Waals surface area contributed by atoms with Gasteiger partial charge in [-0.25, -0.2) is 0 Å². The molecule has 1 N–H and O–H groups in total. The fraction of sp³-hybridized carbons (Fsp3) is 1.00. The maximum atomic E-state index is 8.56. The van der Waals surface area contributed by atoms with Gasteiger partial charge in [-0.05, 0) is 19.8 Å². The van der Waals surface area contributed by atoms with Gasteiger partial charge in [-0.2, -0.15) is 0 Å². The molecular weight excluding hydrogens is 140 g/mol. The fourth-order valence-electron chi connectivity index (χ4n) is 0.943. The van der Waals surface area contributed by atoms with Gasteiger partial charge >= 0.3 is 0 Å². The fourth-order valence-corrected chi connectivity index (χ4v) is 0.943. The van der Waals surface area contributed by atoms with Gasteiger partial charge in [0.25, 0.3) is 0 Å². The predicted octanol–water partition coefficient (Wildman–Crippen LogP) is 1.82. The molecule has 1 unspecified atom stereocenters. The Labute approximate surface area is 69.6 Å². The number of hydrogen-bond donors (Lipinski definition) is 1. The molecule has 0 aliphatic carbocycles. The van der Waals surface area contributed by atoms with Gasteiger partial charge in [-0.15, -0.1) is 0 Å². The molecule has 0 aliphatic heterocycles. The first-order valence-corrected chi connectivity index (χ1v) is 4.29. The minimum absolute atomic E-state index is 0.0997. The second kappa shape index (κ2) is 4.73. The van der Waals surface area contributed by atoms with Crippen molar-refractivity contribution in [2.75, 3.05) is 13.2 Å². The smallest absolute Gasteiger partial charge is 0.0705 e. The second-order valence-electron chi connectivity index (χ2n) is 3.48. The van der Waals surface area contributed by atoms with Gasteiger partial charge in [0.15, 0.2) is 0 Å². The van der Waals surface area contributed by atoms with E-state index in [1.807, 2.05) is 0 Å². The second-order valence-corrected chi connectivity index (χ2v) is 3.48. The average Bonchev–Trinajstić information content (AvgIpc) is 1.99. The van der Waals surface area contributed by atoms with Crippen LogP contribution in [0.1, 0.15) is 34.1 Å². The van der Waals surface area contributed by atoms with E-state index in [9.17, 15) is 0 Å². The van der Waals surface area contributed by atoms with E-state index in [1.54, 1.807) is 0 Å². The monoisotopic (exact) mass is 160 g/mol. The van der Waals surface area contributed by atoms with Gasteiger partial charge in [-0.1, -0.05) is 20.3 Å². The average molecular weight is 160 g/mol. The van der Waals surface area contributed by atoms with Crippen molar-refractivity contribution in [2.45, 2.75) is 39.7 Å². The van der Waals surface area contributed by atoms with Gasteiger partial charge < -0.3 is 9.84 Å². The van der Waals surface area contributed by atoms with Crippen LogP contribution >= 0.6 is 0 Å². The first-order chi connectivity index (χ1) is 5.04. The van der Waals surface area contributed by atoms with Crippen LogP contribution in [0, 0.1) is 5.92 Å². The van der Waals surface area contributed by atoms with Crippen LogP contribution in [-0.4, -0.2) is 23.9 Å². The SMILES string of the molecule is CCC(C)C(C)(C)OCCO. The lowest BCUT2D eigenvalue weighted by Gasteiger charge is -2.31. The normalized spacial score (nSPS) is 15.0. The molecule has 0 aromatic rings. The Balaban J connectivity index is 3.77. The molecule has 2 nitrogen and oxygen atoms in total. The first kappa shape index (κ1) is 10.9. The first-order valence-electron chi connectivity index (χ1n) is 4.29. The highest BCUT2D eigenvalue weighted by molar-refractivity contribution is 4.74. The molecule has 0 fully saturated rings. The molecule has 11 heavy (non-hydrogen) atoms. The van der Waals surface area contributed by atoms with Gasteiger partial charge in [0.05, 0.1) is 18.8 Å². The van der Waals surface area contributed by atoms with Crippen molar-refractivity contribution in [3.8, 4) is 0 Å². The summed E-state index contributed by atoms with van der Waals surface area (Å²) < 4.78 is 5.48. The predicted molar refractivity (Wildman–Crippen MR) is 46.6 cm³/mol. The Morgan fingerprint density at radius 3 is 2.36 bits per heavy atom. The number of aliphatic hydroxyl groups is 1. The lowest BCUT2D eigenvalue weighted by molar-refractivity contribution is -0.0673. The highest BCUT2D eigenvalue weighted by Gasteiger charge is 2.24. The van der Waals surface area contributed by atoms with Crippen molar-refractivity contribution in [1.29, 1.82) is 0 Å². The zero-order chi connectivity index (χ0) is 8.91. The van der Waals surface area contributed by atoms with Crippen molar-refractivity contribution in [3.63, 3.8) is 0 Å². The van der Waals surface area contributed by atoms with Crippen molar-refractivity contribution in [3.05, 3.63) is 0 Å². The molecule has 0 saturated carbocycles. The van der Waals surface area contributed by atoms with E-state index in [4.69, 9.17) is 9.84 Å². The van der Waals surface area contributed by atoms with Gasteiger partial charge in [0.1, 0.15) is 0 Å². The maximum Gasteiger partial charge on any atom is 0.0705 e. The van der Waals surface area contributed by atoms with E-state index < -0.39 is 0 Å². The standard InChI is InChI=1S/C9H20O2/c1-5-8(2)9(3,4)11-7-6-10/h8,10H,5-7H2,1-4H3. The summed E-state index contributed by atoms with van der Waals surface area (Å²) in [4.78, 5) is 0. The maximum absolute atomic E-state index is 8.56. The van der Waals surface area contributed by atoms with E-state index in [-0.39, 0.29) is 12.2 Å². The molecule has 0 radical (unpaired) electrons. The molecule has 0 heterocycles. The number of rotatable bonds is 5. The molecule has 0 aliphatic rings. The lowest BCUT2D eigenvalue weighted by atomic mass is 9.90. The molecule has 0 spiro atoms. The van der Waals surface area contributed by atoms with Crippen molar-refractivity contribution < 1.29 is 9.84 Å². The number of aliphatic hydroxyl groups excluding tert-OH is 1. The number of hydrogen-bond acceptors (Lipinski definition) is 2. The Kier molecular flexibility index (Phi) is 4.69. The van der Waals surface area contributed by atoms with Gasteiger partial charge in [0.2, 0.25) is 0 Å². The molecule has 0 rings (SSSR count). The van der Waals surface area contributed by atoms with Crippen LogP contribution in [0.25, 0.3) is 0 Å². The minimum atomic E-state index is -0.0997. The van der Waals surface area contributed by atoms with Gasteiger partial charge in [-0.3, -0.25) is 0 Å². The molecule has 0 aromatic heterocycles. The molecular formula is C9H20O2. The Morgan fingerprint density at radius 1 is 1.45 bits per heavy atom. The van der Waals surface area contributed by atoms with Crippen molar-refractivity contribution >= 4 is 0 Å². The van der Waals surface area contributed by atoms with E-state index in [1.165, 1.54) is 0 Å². The molecule has 0 saturated heterocycles. The summed E-state index contributed by atoms with van der Waals surface area (Å²) in [6.07, 6.45) is 1.11. The quantitative estimate of drug-likeness (QED) is 0.664. The van der Waals surface area contributed by atoms with E-state index in [0.717, 1.165) is 6.42 Å². The molecule has 0 aromatic carbocycles. The third-order valence-electron chi connectivity index (χ3n) is 2.36. The Morgan fingerprint density at radius 2 is 2.00 bits per heavy atom. The van der Waals surface area contributed by atoms with E-state index >= 15 is 0 Å². The van der Waals surface area contributed by atoms with Crippen LogP contribution in [0.5, 0.6) is 0 Å². The van der Waals surface area contributed by atoms with Crippen molar-refractivity contribution in [2.24, 2.45) is 5.92 Å². The summed E-state index contributed by atoms with van der Waals surface area (Å²) in [5.41, 5.74) is -0.0997. The molecule has 2 heteroatoms. The summed E-state index contributed by atoms with van der Waals surface area (Å²) in [5, 5.41) is 8.56. The highest BCUT2D eigenvalue weighted by atomic mass is 16.5. The molecule has 68 valence electrons. The van der Waals surface area contributed by atoms with E-state index in [0.29, 0.717) is 12.5 Å². The lowest BCUT2D eigenvalue weighted by Crippen LogP contribution is -2.33.